The zero-order valence-corrected chi connectivity index (χ0v) is 7.94. The van der Waals surface area contributed by atoms with Crippen molar-refractivity contribution in [2.75, 3.05) is 0 Å². The van der Waals surface area contributed by atoms with Crippen LogP contribution in [0.3, 0.4) is 0 Å². The number of hydrogen-bond acceptors (Lipinski definition) is 4. The van der Waals surface area contributed by atoms with Crippen molar-refractivity contribution >= 4 is 11.0 Å². The minimum Gasteiger partial charge on any atom is -0.489 e. The third-order valence-corrected chi connectivity index (χ3v) is 2.24. The molecule has 0 unspecified atom stereocenters. The first kappa shape index (κ1) is 8.74. The van der Waals surface area contributed by atoms with Gasteiger partial charge in [0.25, 0.3) is 11.8 Å². The Morgan fingerprint density at radius 1 is 0.857 bits per heavy atom. The first-order valence-electron chi connectivity index (χ1n) is 4.25. The lowest BCUT2D eigenvalue weighted by atomic mass is 10.1. The molecule has 1 heterocycles. The first-order valence-corrected chi connectivity index (χ1v) is 4.25. The predicted molar refractivity (Wildman–Crippen MR) is 52.3 cm³/mol. The van der Waals surface area contributed by atoms with Gasteiger partial charge in [-0.3, -0.25) is 0 Å². The summed E-state index contributed by atoms with van der Waals surface area (Å²) in [5.41, 5.74) is 3.33. The average molecular weight is 190 g/mol. The Morgan fingerprint density at radius 2 is 1.21 bits per heavy atom. The van der Waals surface area contributed by atoms with Crippen LogP contribution in [0, 0.1) is 13.8 Å². The van der Waals surface area contributed by atoms with Gasteiger partial charge in [0, 0.05) is 0 Å². The SMILES string of the molecule is Cc1cc2nc(O)c(O)nc2cc1C. The maximum atomic E-state index is 9.15. The van der Waals surface area contributed by atoms with Crippen molar-refractivity contribution < 1.29 is 10.2 Å². The van der Waals surface area contributed by atoms with E-state index in [1.807, 2.05) is 26.0 Å². The molecule has 0 aliphatic carbocycles. The fraction of sp³-hybridized carbons (Fsp3) is 0.200. The number of hydrogen-bond donors (Lipinski definition) is 2. The Bertz CT molecular complexity index is 420. The van der Waals surface area contributed by atoms with Crippen molar-refractivity contribution in [3.05, 3.63) is 23.3 Å². The summed E-state index contributed by atoms with van der Waals surface area (Å²) in [5.74, 6) is -0.860. The van der Waals surface area contributed by atoms with Crippen LogP contribution in [0.15, 0.2) is 12.1 Å². The van der Waals surface area contributed by atoms with Crippen LogP contribution in [0.5, 0.6) is 11.8 Å². The van der Waals surface area contributed by atoms with Crippen LogP contribution >= 0.6 is 0 Å². The number of fused-ring (bicyclic) bond motifs is 1. The molecule has 0 amide bonds. The maximum Gasteiger partial charge on any atom is 0.276 e. The topological polar surface area (TPSA) is 66.2 Å². The Kier molecular flexibility index (Phi) is 1.77. The largest absolute Gasteiger partial charge is 0.489 e. The van der Waals surface area contributed by atoms with Crippen molar-refractivity contribution in [2.24, 2.45) is 0 Å². The maximum absolute atomic E-state index is 9.15. The molecule has 2 aromatic rings. The van der Waals surface area contributed by atoms with Crippen molar-refractivity contribution in [2.45, 2.75) is 13.8 Å². The molecule has 1 aromatic heterocycles. The minimum absolute atomic E-state index is 0.430. The van der Waals surface area contributed by atoms with Crippen LogP contribution < -0.4 is 0 Å². The Labute approximate surface area is 80.9 Å². The quantitative estimate of drug-likeness (QED) is 0.663. The molecule has 0 fully saturated rings. The monoisotopic (exact) mass is 190 g/mol. The highest BCUT2D eigenvalue weighted by Crippen LogP contribution is 2.24. The minimum atomic E-state index is -0.430. The van der Waals surface area contributed by atoms with Gasteiger partial charge in [-0.2, -0.15) is 0 Å². The molecule has 2 N–H and O–H groups in total. The molecule has 0 saturated heterocycles. The number of aryl methyl sites for hydroxylation is 2. The molecule has 2 rings (SSSR count). The average Bonchev–Trinajstić information content (AvgIpc) is 2.11. The summed E-state index contributed by atoms with van der Waals surface area (Å²) in [4.78, 5) is 7.64. The molecule has 0 bridgehead atoms. The fourth-order valence-corrected chi connectivity index (χ4v) is 1.29. The molecule has 4 heteroatoms. The van der Waals surface area contributed by atoms with E-state index < -0.39 is 11.8 Å². The van der Waals surface area contributed by atoms with E-state index in [-0.39, 0.29) is 0 Å². The van der Waals surface area contributed by atoms with Gasteiger partial charge in [0.2, 0.25) is 0 Å². The Morgan fingerprint density at radius 3 is 1.57 bits per heavy atom. The summed E-state index contributed by atoms with van der Waals surface area (Å²) in [7, 11) is 0. The molecule has 0 saturated carbocycles. The van der Waals surface area contributed by atoms with Gasteiger partial charge in [0.05, 0.1) is 11.0 Å². The highest BCUT2D eigenvalue weighted by atomic mass is 16.3. The van der Waals surface area contributed by atoms with Crippen molar-refractivity contribution in [1.29, 1.82) is 0 Å². The Balaban J connectivity index is 2.83. The summed E-state index contributed by atoms with van der Waals surface area (Å²) < 4.78 is 0. The normalized spacial score (nSPS) is 10.7. The number of rotatable bonds is 0. The summed E-state index contributed by atoms with van der Waals surface area (Å²) >= 11 is 0. The van der Waals surface area contributed by atoms with Gasteiger partial charge in [-0.15, -0.1) is 0 Å². The smallest absolute Gasteiger partial charge is 0.276 e. The van der Waals surface area contributed by atoms with E-state index >= 15 is 0 Å². The van der Waals surface area contributed by atoms with Crippen LogP contribution in [0.25, 0.3) is 11.0 Å². The second kappa shape index (κ2) is 2.83. The molecule has 0 atom stereocenters. The van der Waals surface area contributed by atoms with Crippen LogP contribution in [0.4, 0.5) is 0 Å². The third-order valence-electron chi connectivity index (χ3n) is 2.24. The van der Waals surface area contributed by atoms with Gasteiger partial charge in [-0.25, -0.2) is 9.97 Å². The number of nitrogens with zero attached hydrogens (tertiary/aromatic N) is 2. The zero-order chi connectivity index (χ0) is 10.3. The van der Waals surface area contributed by atoms with E-state index in [4.69, 9.17) is 10.2 Å². The van der Waals surface area contributed by atoms with Crippen LogP contribution in [-0.2, 0) is 0 Å². The molecule has 0 aliphatic heterocycles. The van der Waals surface area contributed by atoms with Gasteiger partial charge in [0.1, 0.15) is 0 Å². The van der Waals surface area contributed by atoms with Crippen molar-refractivity contribution in [3.8, 4) is 11.8 Å². The summed E-state index contributed by atoms with van der Waals surface area (Å²) in [6.07, 6.45) is 0. The lowest BCUT2D eigenvalue weighted by Gasteiger charge is -2.03. The van der Waals surface area contributed by atoms with Gasteiger partial charge in [-0.1, -0.05) is 0 Å². The van der Waals surface area contributed by atoms with E-state index in [9.17, 15) is 0 Å². The predicted octanol–water partition coefficient (Wildman–Crippen LogP) is 1.66. The van der Waals surface area contributed by atoms with E-state index in [2.05, 4.69) is 9.97 Å². The highest BCUT2D eigenvalue weighted by Gasteiger charge is 2.06. The summed E-state index contributed by atoms with van der Waals surface area (Å²) in [6, 6.07) is 3.66. The molecule has 1 aromatic carbocycles. The number of aromatic hydroxyl groups is 2. The molecular weight excluding hydrogens is 180 g/mol. The third kappa shape index (κ3) is 1.25. The van der Waals surface area contributed by atoms with Crippen molar-refractivity contribution in [3.63, 3.8) is 0 Å². The number of aromatic nitrogens is 2. The fourth-order valence-electron chi connectivity index (χ4n) is 1.29. The van der Waals surface area contributed by atoms with E-state index in [1.165, 1.54) is 0 Å². The highest BCUT2D eigenvalue weighted by molar-refractivity contribution is 5.77. The number of benzene rings is 1. The molecule has 0 aliphatic rings. The Hall–Kier alpha value is -1.84. The summed E-state index contributed by atoms with van der Waals surface area (Å²) in [6.45, 7) is 3.92. The molecule has 0 radical (unpaired) electrons. The molecular formula is C10H10N2O2. The lowest BCUT2D eigenvalue weighted by molar-refractivity contribution is 0.378. The molecule has 0 spiro atoms. The second-order valence-corrected chi connectivity index (χ2v) is 3.30. The van der Waals surface area contributed by atoms with Gasteiger partial charge < -0.3 is 10.2 Å². The van der Waals surface area contributed by atoms with Crippen LogP contribution in [0.1, 0.15) is 11.1 Å². The van der Waals surface area contributed by atoms with E-state index in [0.29, 0.717) is 11.0 Å². The van der Waals surface area contributed by atoms with Gasteiger partial charge in [0.15, 0.2) is 0 Å². The first-order chi connectivity index (χ1) is 6.58. The van der Waals surface area contributed by atoms with E-state index in [1.54, 1.807) is 0 Å². The zero-order valence-electron chi connectivity index (χ0n) is 7.94. The van der Waals surface area contributed by atoms with Crippen molar-refractivity contribution in [1.82, 2.24) is 9.97 Å². The molecule has 14 heavy (non-hydrogen) atoms. The van der Waals surface area contributed by atoms with Gasteiger partial charge >= 0.3 is 0 Å². The summed E-state index contributed by atoms with van der Waals surface area (Å²) in [5, 5.41) is 18.3. The standard InChI is InChI=1S/C10H10N2O2/c1-5-3-7-8(4-6(5)2)12-10(14)9(13)11-7/h3-4H,1-2H3,(H,11,13)(H,12,14). The van der Waals surface area contributed by atoms with Crippen LogP contribution in [0.2, 0.25) is 0 Å². The molecule has 72 valence electrons. The molecule has 4 nitrogen and oxygen atoms in total. The second-order valence-electron chi connectivity index (χ2n) is 3.30. The van der Waals surface area contributed by atoms with E-state index in [0.717, 1.165) is 11.1 Å². The van der Waals surface area contributed by atoms with Gasteiger partial charge in [-0.05, 0) is 37.1 Å². The lowest BCUT2D eigenvalue weighted by Crippen LogP contribution is -1.88. The van der Waals surface area contributed by atoms with Crippen LogP contribution in [-0.4, -0.2) is 20.2 Å².